The molecule has 0 heterocycles. The molecule has 0 radical (unpaired) electrons. The Morgan fingerprint density at radius 1 is 1.05 bits per heavy atom. The number of rotatable bonds is 4. The van der Waals surface area contributed by atoms with Crippen molar-refractivity contribution in [2.75, 3.05) is 5.32 Å². The minimum Gasteiger partial charge on any atom is -0.380 e. The van der Waals surface area contributed by atoms with E-state index in [-0.39, 0.29) is 5.69 Å². The molecule has 1 nitrogen and oxygen atoms in total. The summed E-state index contributed by atoms with van der Waals surface area (Å²) in [5.41, 5.74) is 1.58. The lowest BCUT2D eigenvalue weighted by Crippen LogP contribution is -2.11. The van der Waals surface area contributed by atoms with Gasteiger partial charge in [-0.2, -0.15) is 13.2 Å². The van der Waals surface area contributed by atoms with Crippen molar-refractivity contribution in [3.8, 4) is 0 Å². The molecule has 0 aliphatic rings. The monoisotopic (exact) mass is 357 g/mol. The van der Waals surface area contributed by atoms with E-state index in [0.717, 1.165) is 23.6 Å². The Balaban J connectivity index is 2.24. The second-order valence-electron chi connectivity index (χ2n) is 4.66. The van der Waals surface area contributed by atoms with Crippen molar-refractivity contribution in [3.05, 3.63) is 63.6 Å². The highest BCUT2D eigenvalue weighted by Gasteiger charge is 2.33. The van der Waals surface area contributed by atoms with E-state index in [4.69, 9.17) is 0 Å². The second-order valence-corrected chi connectivity index (χ2v) is 5.58. The van der Waals surface area contributed by atoms with Crippen molar-refractivity contribution >= 4 is 21.6 Å². The normalized spacial score (nSPS) is 11.5. The van der Waals surface area contributed by atoms with Gasteiger partial charge in [-0.05, 0) is 35.7 Å². The first-order valence-electron chi connectivity index (χ1n) is 6.59. The van der Waals surface area contributed by atoms with Crippen LogP contribution in [0.2, 0.25) is 0 Å². The van der Waals surface area contributed by atoms with Gasteiger partial charge in [0, 0.05) is 16.7 Å². The molecule has 2 aromatic rings. The molecule has 112 valence electrons. The third-order valence-electron chi connectivity index (χ3n) is 3.26. The molecule has 0 saturated carbocycles. The summed E-state index contributed by atoms with van der Waals surface area (Å²) >= 11 is 3.08. The van der Waals surface area contributed by atoms with Crippen LogP contribution in [0.15, 0.2) is 46.9 Å². The van der Waals surface area contributed by atoms with Crippen LogP contribution >= 0.6 is 15.9 Å². The molecule has 5 heteroatoms. The second kappa shape index (κ2) is 6.52. The molecular weight excluding hydrogens is 343 g/mol. The summed E-state index contributed by atoms with van der Waals surface area (Å²) < 4.78 is 39.5. The van der Waals surface area contributed by atoms with Gasteiger partial charge in [-0.3, -0.25) is 0 Å². The van der Waals surface area contributed by atoms with Crippen LogP contribution in [-0.2, 0) is 19.1 Å². The molecule has 0 amide bonds. The third-order valence-corrected chi connectivity index (χ3v) is 3.75. The van der Waals surface area contributed by atoms with E-state index >= 15 is 0 Å². The van der Waals surface area contributed by atoms with Crippen molar-refractivity contribution in [3.63, 3.8) is 0 Å². The van der Waals surface area contributed by atoms with Gasteiger partial charge in [-0.1, -0.05) is 47.1 Å². The van der Waals surface area contributed by atoms with Crippen molar-refractivity contribution in [1.82, 2.24) is 0 Å². The standard InChI is InChI=1S/C16H15BrF3N/c1-2-11-5-3-4-6-12(11)10-21-15-8-7-13(17)9-14(15)16(18,19)20/h3-9,21H,2,10H2,1H3. The zero-order chi connectivity index (χ0) is 15.5. The molecule has 0 aliphatic heterocycles. The number of anilines is 1. The molecule has 0 atom stereocenters. The van der Waals surface area contributed by atoms with Crippen molar-refractivity contribution in [1.29, 1.82) is 0 Å². The minimum atomic E-state index is -4.38. The first kappa shape index (κ1) is 15.9. The van der Waals surface area contributed by atoms with E-state index in [1.54, 1.807) is 6.07 Å². The lowest BCUT2D eigenvalue weighted by molar-refractivity contribution is -0.137. The zero-order valence-corrected chi connectivity index (χ0v) is 13.1. The fourth-order valence-electron chi connectivity index (χ4n) is 2.17. The molecule has 1 N–H and O–H groups in total. The predicted octanol–water partition coefficient (Wildman–Crippen LogP) is 5.64. The van der Waals surface area contributed by atoms with Crippen LogP contribution in [0.5, 0.6) is 0 Å². The first-order chi connectivity index (χ1) is 9.91. The third kappa shape index (κ3) is 4.00. The maximum Gasteiger partial charge on any atom is 0.418 e. The molecule has 2 rings (SSSR count). The zero-order valence-electron chi connectivity index (χ0n) is 11.5. The number of benzene rings is 2. The lowest BCUT2D eigenvalue weighted by atomic mass is 10.0. The van der Waals surface area contributed by atoms with Crippen LogP contribution in [0.25, 0.3) is 0 Å². The Bertz CT molecular complexity index is 623. The average Bonchev–Trinajstić information content (AvgIpc) is 2.45. The molecule has 2 aromatic carbocycles. The smallest absolute Gasteiger partial charge is 0.380 e. The Morgan fingerprint density at radius 2 is 1.71 bits per heavy atom. The van der Waals surface area contributed by atoms with Gasteiger partial charge >= 0.3 is 6.18 Å². The molecule has 0 saturated heterocycles. The summed E-state index contributed by atoms with van der Waals surface area (Å²) in [7, 11) is 0. The van der Waals surface area contributed by atoms with E-state index in [9.17, 15) is 13.2 Å². The van der Waals surface area contributed by atoms with Crippen molar-refractivity contribution in [2.24, 2.45) is 0 Å². The van der Waals surface area contributed by atoms with E-state index in [2.05, 4.69) is 21.2 Å². The fraction of sp³-hybridized carbons (Fsp3) is 0.250. The molecule has 0 unspecified atom stereocenters. The highest BCUT2D eigenvalue weighted by molar-refractivity contribution is 9.10. The summed E-state index contributed by atoms with van der Waals surface area (Å²) in [4.78, 5) is 0. The van der Waals surface area contributed by atoms with Gasteiger partial charge in [0.2, 0.25) is 0 Å². The molecule has 0 bridgehead atoms. The summed E-state index contributed by atoms with van der Waals surface area (Å²) in [6.45, 7) is 2.40. The average molecular weight is 358 g/mol. The Hall–Kier alpha value is -1.49. The van der Waals surface area contributed by atoms with Crippen LogP contribution in [0.1, 0.15) is 23.6 Å². The van der Waals surface area contributed by atoms with Gasteiger partial charge in [0.15, 0.2) is 0 Å². The van der Waals surface area contributed by atoms with Crippen LogP contribution in [0.4, 0.5) is 18.9 Å². The van der Waals surface area contributed by atoms with Gasteiger partial charge < -0.3 is 5.32 Å². The van der Waals surface area contributed by atoms with Crippen LogP contribution in [0, 0.1) is 0 Å². The van der Waals surface area contributed by atoms with Gasteiger partial charge in [0.25, 0.3) is 0 Å². The summed E-state index contributed by atoms with van der Waals surface area (Å²) in [6.07, 6.45) is -3.53. The highest BCUT2D eigenvalue weighted by Crippen LogP contribution is 2.36. The highest BCUT2D eigenvalue weighted by atomic mass is 79.9. The van der Waals surface area contributed by atoms with Crippen LogP contribution < -0.4 is 5.32 Å². The maximum atomic E-state index is 13.0. The molecule has 0 fully saturated rings. The number of hydrogen-bond acceptors (Lipinski definition) is 1. The van der Waals surface area contributed by atoms with E-state index in [0.29, 0.717) is 11.0 Å². The summed E-state index contributed by atoms with van der Waals surface area (Å²) in [5, 5.41) is 2.90. The van der Waals surface area contributed by atoms with Gasteiger partial charge in [0.05, 0.1) is 5.56 Å². The van der Waals surface area contributed by atoms with Crippen molar-refractivity contribution < 1.29 is 13.2 Å². The number of aryl methyl sites for hydroxylation is 1. The fourth-order valence-corrected chi connectivity index (χ4v) is 2.53. The van der Waals surface area contributed by atoms with Gasteiger partial charge in [-0.15, -0.1) is 0 Å². The quantitative estimate of drug-likeness (QED) is 0.746. The van der Waals surface area contributed by atoms with E-state index in [1.165, 1.54) is 6.07 Å². The van der Waals surface area contributed by atoms with Crippen LogP contribution in [-0.4, -0.2) is 0 Å². The summed E-state index contributed by atoms with van der Waals surface area (Å²) in [5.74, 6) is 0. The number of alkyl halides is 3. The van der Waals surface area contributed by atoms with Gasteiger partial charge in [0.1, 0.15) is 0 Å². The SMILES string of the molecule is CCc1ccccc1CNc1ccc(Br)cc1C(F)(F)F. The maximum absolute atomic E-state index is 13.0. The first-order valence-corrected chi connectivity index (χ1v) is 7.38. The molecule has 0 spiro atoms. The summed E-state index contributed by atoms with van der Waals surface area (Å²) in [6, 6.07) is 11.9. The largest absolute Gasteiger partial charge is 0.418 e. The lowest BCUT2D eigenvalue weighted by Gasteiger charge is -2.16. The molecule has 0 aliphatic carbocycles. The van der Waals surface area contributed by atoms with E-state index in [1.807, 2.05) is 31.2 Å². The number of hydrogen-bond donors (Lipinski definition) is 1. The number of nitrogens with one attached hydrogen (secondary N) is 1. The van der Waals surface area contributed by atoms with Crippen molar-refractivity contribution in [2.45, 2.75) is 26.1 Å². The van der Waals surface area contributed by atoms with E-state index < -0.39 is 11.7 Å². The minimum absolute atomic E-state index is 0.0941. The molecule has 0 aromatic heterocycles. The topological polar surface area (TPSA) is 12.0 Å². The molecule has 21 heavy (non-hydrogen) atoms. The number of halogens is 4. The van der Waals surface area contributed by atoms with Crippen LogP contribution in [0.3, 0.4) is 0 Å². The van der Waals surface area contributed by atoms with Gasteiger partial charge in [-0.25, -0.2) is 0 Å². The Labute approximate surface area is 130 Å². The Morgan fingerprint density at radius 3 is 2.33 bits per heavy atom. The predicted molar refractivity (Wildman–Crippen MR) is 82.3 cm³/mol. The molecular formula is C16H15BrF3N. The Kier molecular flexibility index (Phi) is 4.93.